The number of amides is 1. The van der Waals surface area contributed by atoms with Crippen molar-refractivity contribution in [3.8, 4) is 5.75 Å². The quantitative estimate of drug-likeness (QED) is 0.847. The smallest absolute Gasteiger partial charge is 0.406 e. The van der Waals surface area contributed by atoms with Crippen molar-refractivity contribution in [2.24, 2.45) is 11.3 Å². The highest BCUT2D eigenvalue weighted by Gasteiger charge is 2.38. The summed E-state index contributed by atoms with van der Waals surface area (Å²) in [6.45, 7) is 4.40. The Labute approximate surface area is 134 Å². The number of ether oxygens (including phenoxy) is 1. The van der Waals surface area contributed by atoms with E-state index in [1.165, 1.54) is 0 Å². The highest BCUT2D eigenvalue weighted by Crippen LogP contribution is 2.29. The van der Waals surface area contributed by atoms with Crippen molar-refractivity contribution in [3.05, 3.63) is 29.8 Å². The summed E-state index contributed by atoms with van der Waals surface area (Å²) in [5.41, 5.74) is 0.453. The van der Waals surface area contributed by atoms with Crippen LogP contribution in [0.2, 0.25) is 0 Å². The van der Waals surface area contributed by atoms with Gasteiger partial charge < -0.3 is 9.64 Å². The largest absolute Gasteiger partial charge is 0.492 e. The van der Waals surface area contributed by atoms with Crippen molar-refractivity contribution in [1.82, 2.24) is 4.90 Å². The van der Waals surface area contributed by atoms with Gasteiger partial charge in [0.1, 0.15) is 18.9 Å². The number of carbonyl (C=O) groups excluding carboxylic acids is 1. The summed E-state index contributed by atoms with van der Waals surface area (Å²) in [5.74, 6) is -0.365. The maximum Gasteiger partial charge on any atom is 0.406 e. The number of hydrogen-bond acceptors (Lipinski definition) is 2. The minimum atomic E-state index is -4.41. The third kappa shape index (κ3) is 5.15. The van der Waals surface area contributed by atoms with E-state index in [2.05, 4.69) is 0 Å². The molecule has 1 unspecified atom stereocenters. The molecule has 23 heavy (non-hydrogen) atoms. The lowest BCUT2D eigenvalue weighted by Crippen LogP contribution is -2.48. The number of carbonyl (C=O) groups is 1. The Morgan fingerprint density at radius 3 is 2.48 bits per heavy atom. The van der Waals surface area contributed by atoms with Crippen LogP contribution in [-0.2, 0) is 11.2 Å². The third-order valence-electron chi connectivity index (χ3n) is 3.58. The molecule has 1 aliphatic rings. The van der Waals surface area contributed by atoms with E-state index in [-0.39, 0.29) is 13.2 Å². The Bertz CT molecular complexity index is 548. The summed E-state index contributed by atoms with van der Waals surface area (Å²) in [5, 5.41) is 0. The van der Waals surface area contributed by atoms with E-state index in [4.69, 9.17) is 4.74 Å². The molecule has 1 amide bonds. The molecule has 0 saturated carbocycles. The fourth-order valence-electron chi connectivity index (χ4n) is 2.75. The van der Waals surface area contributed by atoms with Gasteiger partial charge in [0.25, 0.3) is 0 Å². The zero-order valence-corrected chi connectivity index (χ0v) is 13.6. The first-order valence-electron chi connectivity index (χ1n) is 7.61. The van der Waals surface area contributed by atoms with Gasteiger partial charge in [0.2, 0.25) is 5.91 Å². The molecule has 0 fully saturated rings. The lowest BCUT2D eigenvalue weighted by atomic mass is 9.92. The third-order valence-corrected chi connectivity index (χ3v) is 3.58. The van der Waals surface area contributed by atoms with Crippen LogP contribution in [0.4, 0.5) is 13.2 Å². The summed E-state index contributed by atoms with van der Waals surface area (Å²) in [4.78, 5) is 13.5. The van der Waals surface area contributed by atoms with Crippen LogP contribution in [0.5, 0.6) is 5.75 Å². The van der Waals surface area contributed by atoms with Gasteiger partial charge >= 0.3 is 6.18 Å². The van der Waals surface area contributed by atoms with Crippen molar-refractivity contribution < 1.29 is 22.7 Å². The SMILES string of the molecule is CC(C)(C)CN(CC(F)(F)F)C(=O)C1COc2ccccc2C1. The van der Waals surface area contributed by atoms with Gasteiger partial charge in [0.15, 0.2) is 0 Å². The Morgan fingerprint density at radius 2 is 1.87 bits per heavy atom. The number of halogens is 3. The Balaban J connectivity index is 2.14. The van der Waals surface area contributed by atoms with Crippen LogP contribution in [-0.4, -0.2) is 36.7 Å². The van der Waals surface area contributed by atoms with Crippen molar-refractivity contribution >= 4 is 5.91 Å². The zero-order valence-electron chi connectivity index (χ0n) is 13.6. The molecular weight excluding hydrogens is 307 g/mol. The van der Waals surface area contributed by atoms with Crippen LogP contribution in [0.3, 0.4) is 0 Å². The van der Waals surface area contributed by atoms with E-state index >= 15 is 0 Å². The normalized spacial score (nSPS) is 18.1. The maximum absolute atomic E-state index is 12.8. The van der Waals surface area contributed by atoms with Crippen LogP contribution in [0.1, 0.15) is 26.3 Å². The van der Waals surface area contributed by atoms with E-state index in [1.54, 1.807) is 6.07 Å². The number of benzene rings is 1. The summed E-state index contributed by atoms with van der Waals surface area (Å²) >= 11 is 0. The minimum Gasteiger partial charge on any atom is -0.492 e. The second-order valence-corrected chi connectivity index (χ2v) is 7.19. The number of para-hydroxylation sites is 1. The van der Waals surface area contributed by atoms with E-state index in [0.29, 0.717) is 12.2 Å². The van der Waals surface area contributed by atoms with Crippen LogP contribution in [0, 0.1) is 11.3 Å². The number of fused-ring (bicyclic) bond motifs is 1. The van der Waals surface area contributed by atoms with Crippen LogP contribution < -0.4 is 4.74 Å². The fourth-order valence-corrected chi connectivity index (χ4v) is 2.75. The van der Waals surface area contributed by atoms with E-state index in [9.17, 15) is 18.0 Å². The fraction of sp³-hybridized carbons (Fsp3) is 0.588. The Kier molecular flexibility index (Phi) is 4.92. The molecule has 0 N–H and O–H groups in total. The lowest BCUT2D eigenvalue weighted by molar-refractivity contribution is -0.166. The molecule has 2 rings (SSSR count). The van der Waals surface area contributed by atoms with Gasteiger partial charge in [-0.3, -0.25) is 4.79 Å². The van der Waals surface area contributed by atoms with Crippen molar-refractivity contribution in [1.29, 1.82) is 0 Å². The van der Waals surface area contributed by atoms with Gasteiger partial charge in [-0.15, -0.1) is 0 Å². The molecule has 1 aromatic rings. The minimum absolute atomic E-state index is 0.0590. The van der Waals surface area contributed by atoms with Gasteiger partial charge in [-0.1, -0.05) is 39.0 Å². The van der Waals surface area contributed by atoms with Gasteiger partial charge in [0, 0.05) is 6.54 Å². The first kappa shape index (κ1) is 17.6. The highest BCUT2D eigenvalue weighted by atomic mass is 19.4. The average Bonchev–Trinajstić information content (AvgIpc) is 2.42. The summed E-state index contributed by atoms with van der Waals surface area (Å²) in [6.07, 6.45) is -4.00. The Morgan fingerprint density at radius 1 is 1.22 bits per heavy atom. The average molecular weight is 329 g/mol. The molecule has 6 heteroatoms. The number of rotatable bonds is 3. The van der Waals surface area contributed by atoms with Crippen molar-refractivity contribution in [2.75, 3.05) is 19.7 Å². The van der Waals surface area contributed by atoms with Gasteiger partial charge in [-0.2, -0.15) is 13.2 Å². The highest BCUT2D eigenvalue weighted by molar-refractivity contribution is 5.80. The molecule has 0 spiro atoms. The molecule has 0 bridgehead atoms. The first-order valence-corrected chi connectivity index (χ1v) is 7.61. The molecule has 1 aromatic carbocycles. The molecule has 0 aliphatic carbocycles. The number of alkyl halides is 3. The predicted octanol–water partition coefficient (Wildman–Crippen LogP) is 3.67. The van der Waals surface area contributed by atoms with Crippen molar-refractivity contribution in [3.63, 3.8) is 0 Å². The molecule has 3 nitrogen and oxygen atoms in total. The van der Waals surface area contributed by atoms with Crippen molar-refractivity contribution in [2.45, 2.75) is 33.4 Å². The van der Waals surface area contributed by atoms with Crippen LogP contribution in [0.15, 0.2) is 24.3 Å². The lowest BCUT2D eigenvalue weighted by Gasteiger charge is -2.34. The maximum atomic E-state index is 12.8. The summed E-state index contributed by atoms with van der Waals surface area (Å²) in [7, 11) is 0. The van der Waals surface area contributed by atoms with Crippen LogP contribution in [0.25, 0.3) is 0 Å². The molecule has 1 atom stereocenters. The molecule has 0 aromatic heterocycles. The molecular formula is C17H22F3NO2. The van der Waals surface area contributed by atoms with Gasteiger partial charge in [-0.05, 0) is 23.5 Å². The topological polar surface area (TPSA) is 29.5 Å². The van der Waals surface area contributed by atoms with Gasteiger partial charge in [-0.25, -0.2) is 0 Å². The molecule has 1 aliphatic heterocycles. The first-order chi connectivity index (χ1) is 10.6. The second kappa shape index (κ2) is 6.42. The molecule has 0 radical (unpaired) electrons. The number of nitrogens with zero attached hydrogens (tertiary/aromatic N) is 1. The van der Waals surface area contributed by atoms with Crippen LogP contribution >= 0.6 is 0 Å². The Hall–Kier alpha value is -1.72. The summed E-state index contributed by atoms with van der Waals surface area (Å²) < 4.78 is 44.0. The molecule has 1 heterocycles. The zero-order chi connectivity index (χ0) is 17.3. The molecule has 128 valence electrons. The second-order valence-electron chi connectivity index (χ2n) is 7.19. The van der Waals surface area contributed by atoms with Gasteiger partial charge in [0.05, 0.1) is 5.92 Å². The van der Waals surface area contributed by atoms with E-state index in [1.807, 2.05) is 39.0 Å². The summed E-state index contributed by atoms with van der Waals surface area (Å²) in [6, 6.07) is 7.31. The number of hydrogen-bond donors (Lipinski definition) is 0. The van der Waals surface area contributed by atoms with E-state index < -0.39 is 30.0 Å². The predicted molar refractivity (Wildman–Crippen MR) is 81.2 cm³/mol. The monoisotopic (exact) mass is 329 g/mol. The standard InChI is InChI=1S/C17H22F3NO2/c1-16(2,3)10-21(11-17(18,19)20)15(22)13-8-12-6-4-5-7-14(12)23-9-13/h4-7,13H,8-11H2,1-3H3. The van der Waals surface area contributed by atoms with E-state index in [0.717, 1.165) is 10.5 Å². The molecule has 0 saturated heterocycles.